The molecular formula is C9H13N3. The number of nitrogens with two attached hydrogens (primary N) is 1. The van der Waals surface area contributed by atoms with Crippen LogP contribution in [0, 0.1) is 5.41 Å². The molecule has 0 bridgehead atoms. The number of dihydropyridines is 1. The van der Waals surface area contributed by atoms with Crippen LogP contribution < -0.4 is 11.1 Å². The third-order valence-corrected chi connectivity index (χ3v) is 1.73. The fourth-order valence-electron chi connectivity index (χ4n) is 1.12. The van der Waals surface area contributed by atoms with Gasteiger partial charge in [0.05, 0.1) is 0 Å². The molecule has 0 radical (unpaired) electrons. The zero-order valence-electron chi connectivity index (χ0n) is 7.09. The Labute approximate surface area is 72.2 Å². The Balaban J connectivity index is 2.88. The highest BCUT2D eigenvalue weighted by molar-refractivity contribution is 5.82. The van der Waals surface area contributed by atoms with Crippen molar-refractivity contribution in [3.63, 3.8) is 0 Å². The van der Waals surface area contributed by atoms with E-state index < -0.39 is 0 Å². The average molecular weight is 163 g/mol. The van der Waals surface area contributed by atoms with Gasteiger partial charge in [0.25, 0.3) is 0 Å². The van der Waals surface area contributed by atoms with Crippen molar-refractivity contribution in [2.45, 2.75) is 6.92 Å². The first-order valence-corrected chi connectivity index (χ1v) is 3.81. The molecule has 0 fully saturated rings. The van der Waals surface area contributed by atoms with Crippen LogP contribution in [0.15, 0.2) is 35.2 Å². The highest BCUT2D eigenvalue weighted by atomic mass is 14.8. The second kappa shape index (κ2) is 3.76. The van der Waals surface area contributed by atoms with Crippen LogP contribution in [0.25, 0.3) is 0 Å². The summed E-state index contributed by atoms with van der Waals surface area (Å²) in [4.78, 5) is 0. The van der Waals surface area contributed by atoms with Gasteiger partial charge in [-0.25, -0.2) is 0 Å². The molecule has 0 atom stereocenters. The molecule has 1 aliphatic heterocycles. The Morgan fingerprint density at radius 1 is 1.75 bits per heavy atom. The minimum Gasteiger partial charge on any atom is -0.404 e. The van der Waals surface area contributed by atoms with Gasteiger partial charge in [-0.3, -0.25) is 0 Å². The number of rotatable bonds is 2. The summed E-state index contributed by atoms with van der Waals surface area (Å²) in [5.41, 5.74) is 8.34. The van der Waals surface area contributed by atoms with E-state index in [1.54, 1.807) is 0 Å². The van der Waals surface area contributed by atoms with E-state index in [-0.39, 0.29) is 0 Å². The van der Waals surface area contributed by atoms with Crippen LogP contribution in [0.5, 0.6) is 0 Å². The van der Waals surface area contributed by atoms with Crippen LogP contribution in [0.3, 0.4) is 0 Å². The molecule has 12 heavy (non-hydrogen) atoms. The van der Waals surface area contributed by atoms with E-state index in [4.69, 9.17) is 11.1 Å². The van der Waals surface area contributed by atoms with Gasteiger partial charge in [0.2, 0.25) is 0 Å². The molecule has 3 nitrogen and oxygen atoms in total. The predicted octanol–water partition coefficient (Wildman–Crippen LogP) is 0.912. The van der Waals surface area contributed by atoms with Gasteiger partial charge >= 0.3 is 0 Å². The van der Waals surface area contributed by atoms with E-state index >= 15 is 0 Å². The van der Waals surface area contributed by atoms with Gasteiger partial charge in [-0.2, -0.15) is 0 Å². The van der Waals surface area contributed by atoms with Crippen molar-refractivity contribution >= 4 is 6.21 Å². The first-order valence-electron chi connectivity index (χ1n) is 3.81. The van der Waals surface area contributed by atoms with Crippen LogP contribution >= 0.6 is 0 Å². The third kappa shape index (κ3) is 1.75. The fraction of sp³-hybridized carbons (Fsp3) is 0.222. The lowest BCUT2D eigenvalue weighted by atomic mass is 10.0. The Hall–Kier alpha value is -1.51. The Kier molecular flexibility index (Phi) is 2.69. The fourth-order valence-corrected chi connectivity index (χ4v) is 1.12. The molecule has 0 aliphatic carbocycles. The molecule has 1 aliphatic rings. The molecule has 1 heterocycles. The third-order valence-electron chi connectivity index (χ3n) is 1.73. The summed E-state index contributed by atoms with van der Waals surface area (Å²) >= 11 is 0. The maximum atomic E-state index is 7.10. The lowest BCUT2D eigenvalue weighted by Gasteiger charge is -2.13. The quantitative estimate of drug-likeness (QED) is 0.530. The summed E-state index contributed by atoms with van der Waals surface area (Å²) in [5, 5.41) is 10.2. The number of hydrogen-bond acceptors (Lipinski definition) is 3. The lowest BCUT2D eigenvalue weighted by Crippen LogP contribution is -2.16. The number of hydrogen-bond donors (Lipinski definition) is 3. The minimum atomic E-state index is 0.746. The number of nitrogens with one attached hydrogen (secondary N) is 2. The molecule has 1 rings (SSSR count). The maximum Gasteiger partial charge on any atom is 0.0402 e. The molecule has 0 aromatic rings. The van der Waals surface area contributed by atoms with Crippen molar-refractivity contribution in [2.75, 3.05) is 6.54 Å². The first kappa shape index (κ1) is 8.59. The summed E-state index contributed by atoms with van der Waals surface area (Å²) < 4.78 is 0. The van der Waals surface area contributed by atoms with E-state index in [0.717, 1.165) is 23.3 Å². The standard InChI is InChI=1S/C9H13N3/c1-7-2-8(6-12-5-7)9(3-10)4-11/h2-5,10,12H,6,11H2,1H3/b9-4+,10-3?. The van der Waals surface area contributed by atoms with Crippen LogP contribution in [-0.2, 0) is 0 Å². The molecule has 0 saturated heterocycles. The second-order valence-corrected chi connectivity index (χ2v) is 2.71. The van der Waals surface area contributed by atoms with Crippen molar-refractivity contribution in [3.8, 4) is 0 Å². The summed E-state index contributed by atoms with van der Waals surface area (Å²) in [7, 11) is 0. The molecule has 4 N–H and O–H groups in total. The van der Waals surface area contributed by atoms with E-state index in [2.05, 4.69) is 5.32 Å². The molecule has 64 valence electrons. The van der Waals surface area contributed by atoms with Crippen LogP contribution in [0.2, 0.25) is 0 Å². The second-order valence-electron chi connectivity index (χ2n) is 2.71. The molecule has 0 spiro atoms. The highest BCUT2D eigenvalue weighted by Crippen LogP contribution is 2.12. The molecule has 0 aromatic heterocycles. The van der Waals surface area contributed by atoms with E-state index in [1.165, 1.54) is 12.4 Å². The van der Waals surface area contributed by atoms with Crippen molar-refractivity contribution in [3.05, 3.63) is 35.2 Å². The van der Waals surface area contributed by atoms with Crippen molar-refractivity contribution < 1.29 is 0 Å². The first-order chi connectivity index (χ1) is 5.77. The van der Waals surface area contributed by atoms with Crippen molar-refractivity contribution in [1.82, 2.24) is 5.32 Å². The maximum absolute atomic E-state index is 7.10. The van der Waals surface area contributed by atoms with Gasteiger partial charge < -0.3 is 16.5 Å². The SMILES string of the molecule is CC1=CNCC(/C(C=N)=C/N)=C1. The zero-order valence-corrected chi connectivity index (χ0v) is 7.09. The summed E-state index contributed by atoms with van der Waals surface area (Å²) in [6, 6.07) is 0. The Morgan fingerprint density at radius 3 is 3.00 bits per heavy atom. The van der Waals surface area contributed by atoms with Gasteiger partial charge in [-0.15, -0.1) is 0 Å². The summed E-state index contributed by atoms with van der Waals surface area (Å²) in [6.45, 7) is 2.75. The molecule has 3 heteroatoms. The van der Waals surface area contributed by atoms with E-state index in [1.807, 2.05) is 19.2 Å². The van der Waals surface area contributed by atoms with Gasteiger partial charge in [-0.05, 0) is 24.3 Å². The minimum absolute atomic E-state index is 0.746. The Morgan fingerprint density at radius 2 is 2.50 bits per heavy atom. The van der Waals surface area contributed by atoms with Crippen LogP contribution in [-0.4, -0.2) is 12.8 Å². The topological polar surface area (TPSA) is 61.9 Å². The molecule has 0 saturated carbocycles. The molecule has 0 unspecified atom stereocenters. The summed E-state index contributed by atoms with van der Waals surface area (Å²) in [6.07, 6.45) is 6.70. The normalized spacial score (nSPS) is 17.6. The average Bonchev–Trinajstić information content (AvgIpc) is 2.07. The van der Waals surface area contributed by atoms with Gasteiger partial charge in [0.1, 0.15) is 0 Å². The zero-order chi connectivity index (χ0) is 8.97. The van der Waals surface area contributed by atoms with Gasteiger partial charge in [-0.1, -0.05) is 6.08 Å². The lowest BCUT2D eigenvalue weighted by molar-refractivity contribution is 0.918. The molecule has 0 aromatic carbocycles. The predicted molar refractivity (Wildman–Crippen MR) is 50.9 cm³/mol. The summed E-state index contributed by atoms with van der Waals surface area (Å²) in [5.74, 6) is 0. The monoisotopic (exact) mass is 163 g/mol. The van der Waals surface area contributed by atoms with Gasteiger partial charge in [0.15, 0.2) is 0 Å². The highest BCUT2D eigenvalue weighted by Gasteiger charge is 2.04. The Bertz CT molecular complexity index is 271. The van der Waals surface area contributed by atoms with Crippen molar-refractivity contribution in [2.24, 2.45) is 5.73 Å². The van der Waals surface area contributed by atoms with Crippen LogP contribution in [0.1, 0.15) is 6.92 Å². The molecule has 0 amide bonds. The smallest absolute Gasteiger partial charge is 0.0402 e. The molecular weight excluding hydrogens is 150 g/mol. The van der Waals surface area contributed by atoms with Crippen molar-refractivity contribution in [1.29, 1.82) is 5.41 Å². The van der Waals surface area contributed by atoms with E-state index in [0.29, 0.717) is 0 Å². The van der Waals surface area contributed by atoms with Gasteiger partial charge in [0, 0.05) is 24.5 Å². The number of allylic oxidation sites excluding steroid dienone is 2. The van der Waals surface area contributed by atoms with E-state index in [9.17, 15) is 0 Å². The van der Waals surface area contributed by atoms with Crippen LogP contribution in [0.4, 0.5) is 0 Å². The largest absolute Gasteiger partial charge is 0.404 e.